The molecule has 26 heavy (non-hydrogen) atoms. The third-order valence-electron chi connectivity index (χ3n) is 4.92. The molecule has 0 radical (unpaired) electrons. The molecule has 3 aromatic carbocycles. The average molecular weight is 338 g/mol. The third kappa shape index (κ3) is 4.21. The van der Waals surface area contributed by atoms with Crippen LogP contribution in [-0.2, 0) is 0 Å². The van der Waals surface area contributed by atoms with Crippen LogP contribution in [0.1, 0.15) is 44.5 Å². The highest BCUT2D eigenvalue weighted by Gasteiger charge is 2.02. The van der Waals surface area contributed by atoms with E-state index in [1.807, 2.05) is 0 Å². The van der Waals surface area contributed by atoms with E-state index in [0.29, 0.717) is 0 Å². The number of aryl methyl sites for hydroxylation is 4. The van der Waals surface area contributed by atoms with Crippen molar-refractivity contribution in [2.45, 2.75) is 27.7 Å². The fourth-order valence-electron chi connectivity index (χ4n) is 3.13. The van der Waals surface area contributed by atoms with Crippen LogP contribution < -0.4 is 0 Å². The predicted molar refractivity (Wildman–Crippen MR) is 116 cm³/mol. The van der Waals surface area contributed by atoms with Gasteiger partial charge in [0.05, 0.1) is 0 Å². The summed E-state index contributed by atoms with van der Waals surface area (Å²) in [5.74, 6) is 0. The van der Waals surface area contributed by atoms with Crippen LogP contribution in [0.15, 0.2) is 60.7 Å². The van der Waals surface area contributed by atoms with Crippen LogP contribution in [-0.4, -0.2) is 0 Å². The summed E-state index contributed by atoms with van der Waals surface area (Å²) in [6, 6.07) is 21.5. The summed E-state index contributed by atoms with van der Waals surface area (Å²) in [6.07, 6.45) is 8.86. The van der Waals surface area contributed by atoms with Crippen molar-refractivity contribution in [2.24, 2.45) is 0 Å². The molecular formula is C26H26. The second kappa shape index (κ2) is 8.01. The third-order valence-corrected chi connectivity index (χ3v) is 4.92. The van der Waals surface area contributed by atoms with Crippen LogP contribution >= 0.6 is 0 Å². The van der Waals surface area contributed by atoms with Gasteiger partial charge in [-0.3, -0.25) is 0 Å². The minimum Gasteiger partial charge on any atom is -0.0620 e. The van der Waals surface area contributed by atoms with Gasteiger partial charge in [-0.05, 0) is 72.2 Å². The Hall–Kier alpha value is -2.86. The SMILES string of the molecule is Cc1ccccc1C=Cc1cc(C)c(C=Cc2ccccc2C)cc1C. The molecule has 0 nitrogen and oxygen atoms in total. The summed E-state index contributed by atoms with van der Waals surface area (Å²) in [5.41, 5.74) is 10.3. The molecule has 0 heteroatoms. The summed E-state index contributed by atoms with van der Waals surface area (Å²) < 4.78 is 0. The number of benzene rings is 3. The van der Waals surface area contributed by atoms with E-state index in [-0.39, 0.29) is 0 Å². The summed E-state index contributed by atoms with van der Waals surface area (Å²) in [4.78, 5) is 0. The van der Waals surface area contributed by atoms with Gasteiger partial charge in [0.1, 0.15) is 0 Å². The quantitative estimate of drug-likeness (QED) is 0.439. The number of rotatable bonds is 4. The Balaban J connectivity index is 1.87. The minimum absolute atomic E-state index is 1.27. The van der Waals surface area contributed by atoms with E-state index in [9.17, 15) is 0 Å². The van der Waals surface area contributed by atoms with E-state index in [4.69, 9.17) is 0 Å². The molecule has 0 N–H and O–H groups in total. The van der Waals surface area contributed by atoms with Crippen LogP contribution in [0.5, 0.6) is 0 Å². The lowest BCUT2D eigenvalue weighted by Gasteiger charge is -2.08. The highest BCUT2D eigenvalue weighted by atomic mass is 14.1. The fourth-order valence-corrected chi connectivity index (χ4v) is 3.13. The lowest BCUT2D eigenvalue weighted by atomic mass is 9.97. The van der Waals surface area contributed by atoms with Gasteiger partial charge in [-0.25, -0.2) is 0 Å². The first kappa shape index (κ1) is 17.9. The van der Waals surface area contributed by atoms with Crippen molar-refractivity contribution in [1.82, 2.24) is 0 Å². The Bertz CT molecular complexity index is 890. The second-order valence-corrected chi connectivity index (χ2v) is 6.95. The van der Waals surface area contributed by atoms with Crippen molar-refractivity contribution in [3.63, 3.8) is 0 Å². The fraction of sp³-hybridized carbons (Fsp3) is 0.154. The van der Waals surface area contributed by atoms with Crippen LogP contribution in [0.25, 0.3) is 24.3 Å². The Morgan fingerprint density at radius 3 is 1.15 bits per heavy atom. The molecule has 0 aliphatic heterocycles. The van der Waals surface area contributed by atoms with Crippen LogP contribution in [0.4, 0.5) is 0 Å². The summed E-state index contributed by atoms with van der Waals surface area (Å²) in [6.45, 7) is 8.67. The first-order valence-electron chi connectivity index (χ1n) is 9.13. The molecule has 0 saturated heterocycles. The maximum Gasteiger partial charge on any atom is -0.0224 e. The largest absolute Gasteiger partial charge is 0.0620 e. The van der Waals surface area contributed by atoms with E-state index in [2.05, 4.69) is 113 Å². The molecule has 0 fully saturated rings. The highest BCUT2D eigenvalue weighted by Crippen LogP contribution is 2.22. The zero-order valence-electron chi connectivity index (χ0n) is 16.1. The van der Waals surface area contributed by atoms with Crippen LogP contribution in [0.2, 0.25) is 0 Å². The first-order valence-corrected chi connectivity index (χ1v) is 9.13. The molecule has 0 spiro atoms. The molecule has 0 amide bonds. The van der Waals surface area contributed by atoms with Crippen molar-refractivity contribution in [3.8, 4) is 0 Å². The van der Waals surface area contributed by atoms with Gasteiger partial charge in [0, 0.05) is 0 Å². The maximum atomic E-state index is 2.28. The Morgan fingerprint density at radius 2 is 0.769 bits per heavy atom. The van der Waals surface area contributed by atoms with Gasteiger partial charge in [-0.1, -0.05) is 85.0 Å². The summed E-state index contributed by atoms with van der Waals surface area (Å²) in [5, 5.41) is 0. The lowest BCUT2D eigenvalue weighted by molar-refractivity contribution is 1.36. The van der Waals surface area contributed by atoms with Crippen molar-refractivity contribution in [2.75, 3.05) is 0 Å². The van der Waals surface area contributed by atoms with Crippen molar-refractivity contribution in [3.05, 3.63) is 105 Å². The van der Waals surface area contributed by atoms with Gasteiger partial charge in [0.25, 0.3) is 0 Å². The lowest BCUT2D eigenvalue weighted by Crippen LogP contribution is -1.88. The van der Waals surface area contributed by atoms with E-state index in [1.165, 1.54) is 44.5 Å². The topological polar surface area (TPSA) is 0 Å². The summed E-state index contributed by atoms with van der Waals surface area (Å²) >= 11 is 0. The molecule has 3 aromatic rings. The molecule has 130 valence electrons. The normalized spacial score (nSPS) is 11.5. The zero-order chi connectivity index (χ0) is 18.5. The molecule has 0 saturated carbocycles. The molecule has 0 aromatic heterocycles. The molecule has 0 aliphatic rings. The highest BCUT2D eigenvalue weighted by molar-refractivity contribution is 5.77. The second-order valence-electron chi connectivity index (χ2n) is 6.95. The predicted octanol–water partition coefficient (Wildman–Crippen LogP) is 7.26. The van der Waals surface area contributed by atoms with Gasteiger partial charge in [-0.2, -0.15) is 0 Å². The van der Waals surface area contributed by atoms with E-state index >= 15 is 0 Å². The molecule has 0 unspecified atom stereocenters. The molecule has 3 rings (SSSR count). The van der Waals surface area contributed by atoms with E-state index in [0.717, 1.165) is 0 Å². The zero-order valence-corrected chi connectivity index (χ0v) is 16.1. The standard InChI is InChI=1S/C26H26/c1-19-9-5-7-11-23(19)13-15-25-17-22(4)26(18-21(25)3)16-14-24-12-8-6-10-20(24)2/h5-18H,1-4H3. The van der Waals surface area contributed by atoms with Gasteiger partial charge in [-0.15, -0.1) is 0 Å². The number of hydrogen-bond donors (Lipinski definition) is 0. The maximum absolute atomic E-state index is 2.28. The van der Waals surface area contributed by atoms with Crippen LogP contribution in [0, 0.1) is 27.7 Å². The molecule has 0 heterocycles. The monoisotopic (exact) mass is 338 g/mol. The smallest absolute Gasteiger partial charge is 0.0224 e. The van der Waals surface area contributed by atoms with Crippen LogP contribution in [0.3, 0.4) is 0 Å². The minimum atomic E-state index is 1.27. The molecule has 0 aliphatic carbocycles. The average Bonchev–Trinajstić information content (AvgIpc) is 2.63. The Labute approximate surface area is 157 Å². The number of hydrogen-bond acceptors (Lipinski definition) is 0. The van der Waals surface area contributed by atoms with E-state index < -0.39 is 0 Å². The first-order chi connectivity index (χ1) is 12.5. The van der Waals surface area contributed by atoms with Gasteiger partial charge >= 0.3 is 0 Å². The Morgan fingerprint density at radius 1 is 0.423 bits per heavy atom. The van der Waals surface area contributed by atoms with Gasteiger partial charge in [0.2, 0.25) is 0 Å². The Kier molecular flexibility index (Phi) is 5.53. The van der Waals surface area contributed by atoms with E-state index in [1.54, 1.807) is 0 Å². The molecule has 0 bridgehead atoms. The van der Waals surface area contributed by atoms with Crippen molar-refractivity contribution < 1.29 is 0 Å². The molecule has 0 atom stereocenters. The summed E-state index contributed by atoms with van der Waals surface area (Å²) in [7, 11) is 0. The van der Waals surface area contributed by atoms with Crippen molar-refractivity contribution >= 4 is 24.3 Å². The molecular weight excluding hydrogens is 312 g/mol. The van der Waals surface area contributed by atoms with Gasteiger partial charge in [0.15, 0.2) is 0 Å². The van der Waals surface area contributed by atoms with Crippen molar-refractivity contribution in [1.29, 1.82) is 0 Å². The van der Waals surface area contributed by atoms with Gasteiger partial charge < -0.3 is 0 Å².